The number of hydrogen-bond donors (Lipinski definition) is 2. The predicted octanol–water partition coefficient (Wildman–Crippen LogP) is 3.46. The summed E-state index contributed by atoms with van der Waals surface area (Å²) in [5, 5.41) is 2.64. The van der Waals surface area contributed by atoms with Crippen molar-refractivity contribution in [3.63, 3.8) is 0 Å². The summed E-state index contributed by atoms with van der Waals surface area (Å²) >= 11 is 3.25. The van der Waals surface area contributed by atoms with Crippen molar-refractivity contribution >= 4 is 34.2 Å². The zero-order chi connectivity index (χ0) is 16.2. The van der Waals surface area contributed by atoms with E-state index in [1.165, 1.54) is 6.07 Å². The number of alkyl halides is 2. The fourth-order valence-corrected chi connectivity index (χ4v) is 1.99. The fraction of sp³-hybridized carbons (Fsp3) is 0.500. The summed E-state index contributed by atoms with van der Waals surface area (Å²) in [6.45, 7) is 2.69. The Morgan fingerprint density at radius 2 is 2.00 bits per heavy atom. The highest BCUT2D eigenvalue weighted by Gasteiger charge is 2.27. The maximum Gasteiger partial charge on any atom is 0.387 e. The summed E-state index contributed by atoms with van der Waals surface area (Å²) in [5.74, 6) is -0.316. The van der Waals surface area contributed by atoms with E-state index in [0.29, 0.717) is 10.0 Å². The topological polar surface area (TPSA) is 64.4 Å². The molecule has 0 saturated carbocycles. The van der Waals surface area contributed by atoms with Crippen LogP contribution in [0, 0.1) is 5.41 Å². The van der Waals surface area contributed by atoms with Crippen LogP contribution in [0.5, 0.6) is 5.75 Å². The molecule has 126 valence electrons. The average Bonchev–Trinajstić information content (AvgIpc) is 2.36. The molecule has 0 radical (unpaired) electrons. The largest absolute Gasteiger partial charge is 0.434 e. The van der Waals surface area contributed by atoms with Crippen molar-refractivity contribution in [2.45, 2.75) is 40.0 Å². The second kappa shape index (κ2) is 8.64. The van der Waals surface area contributed by atoms with Crippen LogP contribution in [-0.2, 0) is 11.3 Å². The lowest BCUT2D eigenvalue weighted by atomic mass is 9.87. The molecule has 3 N–H and O–H groups in total. The van der Waals surface area contributed by atoms with Crippen molar-refractivity contribution in [3.05, 3.63) is 28.2 Å². The number of rotatable bonds is 5. The molecule has 0 fully saturated rings. The number of halogens is 4. The van der Waals surface area contributed by atoms with E-state index in [1.807, 2.05) is 20.8 Å². The molecule has 0 saturated heterocycles. The van der Waals surface area contributed by atoms with Gasteiger partial charge in [0.2, 0.25) is 5.91 Å². The van der Waals surface area contributed by atoms with Gasteiger partial charge in [-0.1, -0.05) is 36.7 Å². The van der Waals surface area contributed by atoms with Crippen molar-refractivity contribution in [2.75, 3.05) is 0 Å². The third kappa shape index (κ3) is 6.46. The third-order valence-electron chi connectivity index (χ3n) is 2.91. The SMILES string of the molecule is CC(C)(C)[C@H](N)C(=O)NCc1cc(Br)ccc1OC(F)F.Cl. The van der Waals surface area contributed by atoms with Crippen LogP contribution in [0.3, 0.4) is 0 Å². The Labute approximate surface area is 143 Å². The zero-order valence-corrected chi connectivity index (χ0v) is 14.9. The molecule has 1 rings (SSSR count). The number of ether oxygens (including phenoxy) is 1. The minimum absolute atomic E-state index is 0. The molecule has 1 aromatic rings. The smallest absolute Gasteiger partial charge is 0.387 e. The Morgan fingerprint density at radius 3 is 2.50 bits per heavy atom. The van der Waals surface area contributed by atoms with Crippen molar-refractivity contribution in [1.29, 1.82) is 0 Å². The van der Waals surface area contributed by atoms with E-state index in [9.17, 15) is 13.6 Å². The summed E-state index contributed by atoms with van der Waals surface area (Å²) in [4.78, 5) is 11.9. The molecular weight excluding hydrogens is 382 g/mol. The number of hydrogen-bond acceptors (Lipinski definition) is 3. The van der Waals surface area contributed by atoms with Gasteiger partial charge in [0.15, 0.2) is 0 Å². The van der Waals surface area contributed by atoms with E-state index in [4.69, 9.17) is 5.73 Å². The van der Waals surface area contributed by atoms with E-state index in [0.717, 1.165) is 0 Å². The van der Waals surface area contributed by atoms with E-state index in [1.54, 1.807) is 12.1 Å². The van der Waals surface area contributed by atoms with Crippen LogP contribution in [0.2, 0.25) is 0 Å². The molecule has 0 spiro atoms. The van der Waals surface area contributed by atoms with Crippen LogP contribution in [-0.4, -0.2) is 18.6 Å². The van der Waals surface area contributed by atoms with Gasteiger partial charge in [0.25, 0.3) is 0 Å². The Morgan fingerprint density at radius 1 is 1.41 bits per heavy atom. The van der Waals surface area contributed by atoms with Gasteiger partial charge in [0.1, 0.15) is 5.75 Å². The quantitative estimate of drug-likeness (QED) is 0.794. The minimum Gasteiger partial charge on any atom is -0.434 e. The minimum atomic E-state index is -2.92. The molecule has 0 aliphatic rings. The lowest BCUT2D eigenvalue weighted by Crippen LogP contribution is -2.48. The maximum absolute atomic E-state index is 12.3. The van der Waals surface area contributed by atoms with E-state index in [2.05, 4.69) is 26.0 Å². The first kappa shape index (κ1) is 21.1. The molecule has 22 heavy (non-hydrogen) atoms. The number of carbonyl (C=O) groups is 1. The predicted molar refractivity (Wildman–Crippen MR) is 87.3 cm³/mol. The number of nitrogens with two attached hydrogens (primary N) is 1. The summed E-state index contributed by atoms with van der Waals surface area (Å²) in [7, 11) is 0. The standard InChI is InChI=1S/C14H19BrF2N2O2.ClH/c1-14(2,3)11(18)12(20)19-7-8-6-9(15)4-5-10(8)21-13(16)17;/h4-6,11,13H,7,18H2,1-3H3,(H,19,20);1H/t11-;/m1./s1. The Hall–Kier alpha value is -0.920. The highest BCUT2D eigenvalue weighted by molar-refractivity contribution is 9.10. The number of benzene rings is 1. The Bertz CT molecular complexity index is 510. The molecule has 0 heterocycles. The number of amides is 1. The summed E-state index contributed by atoms with van der Waals surface area (Å²) < 4.78 is 29.8. The average molecular weight is 402 g/mol. The first-order valence-corrected chi connectivity index (χ1v) is 7.17. The molecule has 1 amide bonds. The number of carbonyl (C=O) groups excluding carboxylic acids is 1. The second-order valence-corrected chi connectivity index (χ2v) is 6.61. The number of nitrogens with one attached hydrogen (secondary N) is 1. The van der Waals surface area contributed by atoms with Gasteiger partial charge in [-0.2, -0.15) is 8.78 Å². The summed E-state index contributed by atoms with van der Waals surface area (Å²) in [5.41, 5.74) is 5.89. The monoisotopic (exact) mass is 400 g/mol. The van der Waals surface area contributed by atoms with Gasteiger partial charge in [-0.3, -0.25) is 4.79 Å². The molecule has 4 nitrogen and oxygen atoms in total. The summed E-state index contributed by atoms with van der Waals surface area (Å²) in [6, 6.07) is 3.93. The molecule has 1 atom stereocenters. The van der Waals surface area contributed by atoms with Crippen LogP contribution in [0.25, 0.3) is 0 Å². The van der Waals surface area contributed by atoms with Gasteiger partial charge in [-0.15, -0.1) is 12.4 Å². The van der Waals surface area contributed by atoms with Gasteiger partial charge >= 0.3 is 6.61 Å². The van der Waals surface area contributed by atoms with Crippen LogP contribution in [0.15, 0.2) is 22.7 Å². The lowest BCUT2D eigenvalue weighted by molar-refractivity contribution is -0.124. The van der Waals surface area contributed by atoms with E-state index in [-0.39, 0.29) is 36.0 Å². The van der Waals surface area contributed by atoms with Crippen molar-refractivity contribution in [2.24, 2.45) is 11.1 Å². The van der Waals surface area contributed by atoms with Gasteiger partial charge in [-0.05, 0) is 23.6 Å². The Kier molecular flexibility index (Phi) is 8.28. The highest BCUT2D eigenvalue weighted by Crippen LogP contribution is 2.25. The molecular formula is C14H20BrClF2N2O2. The normalized spacial score (nSPS) is 12.5. The van der Waals surface area contributed by atoms with Gasteiger partial charge < -0.3 is 15.8 Å². The van der Waals surface area contributed by atoms with Crippen LogP contribution in [0.1, 0.15) is 26.3 Å². The summed E-state index contributed by atoms with van der Waals surface area (Å²) in [6.07, 6.45) is 0. The van der Waals surface area contributed by atoms with Gasteiger partial charge in [-0.25, -0.2) is 0 Å². The molecule has 0 aliphatic heterocycles. The van der Waals surface area contributed by atoms with Crippen molar-refractivity contribution in [3.8, 4) is 5.75 Å². The van der Waals surface area contributed by atoms with Crippen LogP contribution >= 0.6 is 28.3 Å². The van der Waals surface area contributed by atoms with E-state index < -0.39 is 12.7 Å². The molecule has 1 aromatic carbocycles. The van der Waals surface area contributed by atoms with Crippen molar-refractivity contribution < 1.29 is 18.3 Å². The molecule has 0 aliphatic carbocycles. The molecule has 0 bridgehead atoms. The second-order valence-electron chi connectivity index (χ2n) is 5.69. The lowest BCUT2D eigenvalue weighted by Gasteiger charge is -2.26. The first-order chi connectivity index (χ1) is 9.61. The van der Waals surface area contributed by atoms with Crippen LogP contribution in [0.4, 0.5) is 8.78 Å². The van der Waals surface area contributed by atoms with Gasteiger partial charge in [0.05, 0.1) is 6.04 Å². The van der Waals surface area contributed by atoms with Crippen molar-refractivity contribution in [1.82, 2.24) is 5.32 Å². The first-order valence-electron chi connectivity index (χ1n) is 6.38. The molecule has 8 heteroatoms. The van der Waals surface area contributed by atoms with Crippen LogP contribution < -0.4 is 15.8 Å². The molecule has 0 unspecified atom stereocenters. The van der Waals surface area contributed by atoms with Gasteiger partial charge in [0, 0.05) is 16.6 Å². The maximum atomic E-state index is 12.3. The molecule has 0 aromatic heterocycles. The third-order valence-corrected chi connectivity index (χ3v) is 3.40. The zero-order valence-electron chi connectivity index (χ0n) is 12.5. The highest BCUT2D eigenvalue weighted by atomic mass is 79.9. The Balaban J connectivity index is 0.00000441. The van der Waals surface area contributed by atoms with E-state index >= 15 is 0 Å². The fourth-order valence-electron chi connectivity index (χ4n) is 1.58.